The van der Waals surface area contributed by atoms with Crippen LogP contribution in [-0.4, -0.2) is 33.1 Å². The highest BCUT2D eigenvalue weighted by Gasteiger charge is 2.31. The molecule has 2 N–H and O–H groups in total. The van der Waals surface area contributed by atoms with Crippen molar-refractivity contribution in [3.05, 3.63) is 23.8 Å². The van der Waals surface area contributed by atoms with Gasteiger partial charge in [0.15, 0.2) is 0 Å². The van der Waals surface area contributed by atoms with Crippen molar-refractivity contribution in [1.29, 1.82) is 0 Å². The van der Waals surface area contributed by atoms with E-state index < -0.39 is 6.36 Å². The lowest BCUT2D eigenvalue weighted by Crippen LogP contribution is -2.17. The molecule has 4 nitrogen and oxygen atoms in total. The molecule has 7 heteroatoms. The minimum absolute atomic E-state index is 0.244. The summed E-state index contributed by atoms with van der Waals surface area (Å²) in [6.07, 6.45) is -1.90. The largest absolute Gasteiger partial charge is 0.573 e. The van der Waals surface area contributed by atoms with Crippen LogP contribution in [0, 0.1) is 0 Å². The van der Waals surface area contributed by atoms with Crippen molar-refractivity contribution in [3.8, 4) is 11.5 Å². The average Bonchev–Trinajstić information content (AvgIpc) is 3.00. The van der Waals surface area contributed by atoms with Crippen molar-refractivity contribution in [2.45, 2.75) is 32.7 Å². The fourth-order valence-corrected chi connectivity index (χ4v) is 2.00. The fourth-order valence-electron chi connectivity index (χ4n) is 2.00. The van der Waals surface area contributed by atoms with E-state index in [1.54, 1.807) is 7.05 Å². The first kappa shape index (κ1) is 18.6. The van der Waals surface area contributed by atoms with Gasteiger partial charge in [0.2, 0.25) is 0 Å². The van der Waals surface area contributed by atoms with Gasteiger partial charge >= 0.3 is 6.36 Å². The van der Waals surface area contributed by atoms with E-state index in [1.165, 1.54) is 44.1 Å². The van der Waals surface area contributed by atoms with Crippen LogP contribution in [0.3, 0.4) is 0 Å². The van der Waals surface area contributed by atoms with Crippen molar-refractivity contribution in [3.63, 3.8) is 0 Å². The lowest BCUT2D eigenvalue weighted by Gasteiger charge is -2.13. The highest BCUT2D eigenvalue weighted by atomic mass is 19.4. The summed E-state index contributed by atoms with van der Waals surface area (Å²) in [6.45, 7) is 5.17. The summed E-state index contributed by atoms with van der Waals surface area (Å²) in [5.74, 6) is 0.308. The SMILES string of the molecule is C1CCNC1.CCOc1ccc(OC(F)(F)F)cc1CNC. The number of benzene rings is 1. The second kappa shape index (κ2) is 9.53. The summed E-state index contributed by atoms with van der Waals surface area (Å²) < 4.78 is 45.3. The Kier molecular flexibility index (Phi) is 8.05. The predicted molar refractivity (Wildman–Crippen MR) is 79.2 cm³/mol. The first-order chi connectivity index (χ1) is 10.5. The lowest BCUT2D eigenvalue weighted by atomic mass is 10.2. The van der Waals surface area contributed by atoms with Crippen LogP contribution in [0.25, 0.3) is 0 Å². The molecule has 1 aliphatic rings. The van der Waals surface area contributed by atoms with Crippen LogP contribution < -0.4 is 20.1 Å². The van der Waals surface area contributed by atoms with Crippen LogP contribution in [0.2, 0.25) is 0 Å². The van der Waals surface area contributed by atoms with Crippen LogP contribution in [0.1, 0.15) is 25.3 Å². The Balaban J connectivity index is 0.000000406. The van der Waals surface area contributed by atoms with Crippen LogP contribution in [0.5, 0.6) is 11.5 Å². The summed E-state index contributed by atoms with van der Waals surface area (Å²) in [5, 5.41) is 6.08. The van der Waals surface area contributed by atoms with Crippen LogP contribution in [-0.2, 0) is 6.54 Å². The van der Waals surface area contributed by atoms with E-state index in [0.717, 1.165) is 0 Å². The predicted octanol–water partition coefficient (Wildman–Crippen LogP) is 3.07. The lowest BCUT2D eigenvalue weighted by molar-refractivity contribution is -0.274. The van der Waals surface area contributed by atoms with E-state index >= 15 is 0 Å². The van der Waals surface area contributed by atoms with Gasteiger partial charge in [-0.25, -0.2) is 0 Å². The molecule has 0 radical (unpaired) electrons. The van der Waals surface area contributed by atoms with E-state index in [0.29, 0.717) is 24.5 Å². The summed E-state index contributed by atoms with van der Waals surface area (Å²) in [7, 11) is 1.70. The Labute approximate surface area is 129 Å². The molecule has 1 saturated heterocycles. The van der Waals surface area contributed by atoms with Gasteiger partial charge in [-0.1, -0.05) is 0 Å². The van der Waals surface area contributed by atoms with Crippen molar-refractivity contribution >= 4 is 0 Å². The molecule has 0 amide bonds. The van der Waals surface area contributed by atoms with Gasteiger partial charge in [-0.2, -0.15) is 0 Å². The average molecular weight is 320 g/mol. The summed E-state index contributed by atoms with van der Waals surface area (Å²) in [5.41, 5.74) is 0.621. The number of halogens is 3. The zero-order valence-electron chi connectivity index (χ0n) is 12.9. The molecule has 1 aromatic rings. The van der Waals surface area contributed by atoms with E-state index in [4.69, 9.17) is 4.74 Å². The zero-order valence-corrected chi connectivity index (χ0v) is 12.9. The molecule has 1 heterocycles. The molecule has 0 unspecified atom stereocenters. The van der Waals surface area contributed by atoms with Gasteiger partial charge in [0.25, 0.3) is 0 Å². The second-order valence-electron chi connectivity index (χ2n) is 4.74. The first-order valence-corrected chi connectivity index (χ1v) is 7.33. The number of hydrogen-bond acceptors (Lipinski definition) is 4. The quantitative estimate of drug-likeness (QED) is 0.875. The minimum atomic E-state index is -4.68. The maximum absolute atomic E-state index is 12.0. The van der Waals surface area contributed by atoms with Crippen molar-refractivity contribution < 1.29 is 22.6 Å². The minimum Gasteiger partial charge on any atom is -0.494 e. The molecule has 0 saturated carbocycles. The number of nitrogens with one attached hydrogen (secondary N) is 2. The number of ether oxygens (including phenoxy) is 2. The highest BCUT2D eigenvalue weighted by Crippen LogP contribution is 2.28. The van der Waals surface area contributed by atoms with Gasteiger partial charge < -0.3 is 20.1 Å². The van der Waals surface area contributed by atoms with Gasteiger partial charge in [-0.05, 0) is 58.1 Å². The fraction of sp³-hybridized carbons (Fsp3) is 0.600. The molecule has 126 valence electrons. The number of alkyl halides is 3. The van der Waals surface area contributed by atoms with Gasteiger partial charge in [-0.15, -0.1) is 13.2 Å². The molecule has 1 aromatic carbocycles. The Morgan fingerprint density at radius 2 is 1.91 bits per heavy atom. The normalized spacial score (nSPS) is 14.2. The van der Waals surface area contributed by atoms with E-state index in [2.05, 4.69) is 15.4 Å². The molecule has 0 spiro atoms. The molecule has 0 aromatic heterocycles. The Hall–Kier alpha value is -1.47. The molecule has 22 heavy (non-hydrogen) atoms. The molecule has 1 fully saturated rings. The summed E-state index contributed by atoms with van der Waals surface area (Å²) in [6, 6.07) is 4.02. The topological polar surface area (TPSA) is 42.5 Å². The smallest absolute Gasteiger partial charge is 0.494 e. The van der Waals surface area contributed by atoms with Gasteiger partial charge in [0.1, 0.15) is 11.5 Å². The third-order valence-corrected chi connectivity index (χ3v) is 2.89. The van der Waals surface area contributed by atoms with Gasteiger partial charge in [0, 0.05) is 12.1 Å². The maximum atomic E-state index is 12.0. The van der Waals surface area contributed by atoms with Crippen molar-refractivity contribution in [2.75, 3.05) is 26.7 Å². The molecule has 1 aliphatic heterocycles. The third kappa shape index (κ3) is 7.51. The van der Waals surface area contributed by atoms with E-state index in [-0.39, 0.29) is 5.75 Å². The molecule has 2 rings (SSSR count). The van der Waals surface area contributed by atoms with Crippen molar-refractivity contribution in [2.24, 2.45) is 0 Å². The van der Waals surface area contributed by atoms with E-state index in [9.17, 15) is 13.2 Å². The van der Waals surface area contributed by atoms with Gasteiger partial charge in [0.05, 0.1) is 6.61 Å². The van der Waals surface area contributed by atoms with Crippen LogP contribution in [0.4, 0.5) is 13.2 Å². The highest BCUT2D eigenvalue weighted by molar-refractivity contribution is 5.40. The number of hydrogen-bond donors (Lipinski definition) is 2. The first-order valence-electron chi connectivity index (χ1n) is 7.33. The zero-order chi connectivity index (χ0) is 16.4. The van der Waals surface area contributed by atoms with Crippen LogP contribution >= 0.6 is 0 Å². The maximum Gasteiger partial charge on any atom is 0.573 e. The van der Waals surface area contributed by atoms with E-state index in [1.807, 2.05) is 6.92 Å². The summed E-state index contributed by atoms with van der Waals surface area (Å²) in [4.78, 5) is 0. The van der Waals surface area contributed by atoms with Crippen LogP contribution in [0.15, 0.2) is 18.2 Å². The standard InChI is InChI=1S/C11H14F3NO2.C4H9N/c1-3-16-10-5-4-9(17-11(12,13)14)6-8(10)7-15-2;1-2-4-5-3-1/h4-6,15H,3,7H2,1-2H3;5H,1-4H2. The van der Waals surface area contributed by atoms with Gasteiger partial charge in [-0.3, -0.25) is 0 Å². The molecular weight excluding hydrogens is 297 g/mol. The molecule has 0 atom stereocenters. The monoisotopic (exact) mass is 320 g/mol. The third-order valence-electron chi connectivity index (χ3n) is 2.89. The Morgan fingerprint density at radius 3 is 2.36 bits per heavy atom. The number of rotatable bonds is 5. The molecule has 0 aliphatic carbocycles. The van der Waals surface area contributed by atoms with Crippen molar-refractivity contribution in [1.82, 2.24) is 10.6 Å². The second-order valence-corrected chi connectivity index (χ2v) is 4.74. The Bertz CT molecular complexity index is 428. The summed E-state index contributed by atoms with van der Waals surface area (Å²) >= 11 is 0. The molecular formula is C15H23F3N2O2. The molecule has 0 bridgehead atoms. The Morgan fingerprint density at radius 1 is 1.23 bits per heavy atom.